The Morgan fingerprint density at radius 2 is 0.812 bits per heavy atom. The fourth-order valence-corrected chi connectivity index (χ4v) is 2.42. The van der Waals surface area contributed by atoms with Crippen LogP contribution < -0.4 is 22.9 Å². The van der Waals surface area contributed by atoms with Crippen molar-refractivity contribution in [1.82, 2.24) is 0 Å². The van der Waals surface area contributed by atoms with Gasteiger partial charge in [-0.1, -0.05) is 38.5 Å². The summed E-state index contributed by atoms with van der Waals surface area (Å²) in [5, 5.41) is 0. The molecule has 96 valence electrons. The molecule has 0 aromatic carbocycles. The minimum atomic E-state index is -0.158. The van der Waals surface area contributed by atoms with E-state index in [0.29, 0.717) is 0 Å². The fraction of sp³-hybridized carbons (Fsp3) is 1.00. The molecule has 1 saturated carbocycles. The van der Waals surface area contributed by atoms with Gasteiger partial charge in [-0.2, -0.15) is 0 Å². The molecular weight excluding hydrogens is 200 g/mol. The molecule has 1 rings (SSSR count). The fourth-order valence-electron chi connectivity index (χ4n) is 2.42. The predicted molar refractivity (Wildman–Crippen MR) is 68.8 cm³/mol. The summed E-state index contributed by atoms with van der Waals surface area (Å²) in [6, 6.07) is -0.315. The molecule has 1 aliphatic carbocycles. The zero-order chi connectivity index (χ0) is 12.0. The van der Waals surface area contributed by atoms with Crippen molar-refractivity contribution in [2.24, 2.45) is 22.9 Å². The van der Waals surface area contributed by atoms with Crippen molar-refractivity contribution in [2.45, 2.75) is 75.5 Å². The van der Waals surface area contributed by atoms with Gasteiger partial charge >= 0.3 is 0 Å². The van der Waals surface area contributed by atoms with E-state index >= 15 is 0 Å². The standard InChI is InChI=1S/C12H28N4/c13-9-7-5-3-1-2-4-6-8-10(14)12(16)11(9)15/h9-12H,1-8,13-16H2. The van der Waals surface area contributed by atoms with Gasteiger partial charge in [-0.15, -0.1) is 0 Å². The largest absolute Gasteiger partial charge is 0.326 e. The van der Waals surface area contributed by atoms with Crippen LogP contribution in [-0.4, -0.2) is 24.2 Å². The highest BCUT2D eigenvalue weighted by atomic mass is 14.9. The van der Waals surface area contributed by atoms with Crippen molar-refractivity contribution in [1.29, 1.82) is 0 Å². The van der Waals surface area contributed by atoms with Gasteiger partial charge in [0.05, 0.1) is 0 Å². The highest BCUT2D eigenvalue weighted by Crippen LogP contribution is 2.14. The van der Waals surface area contributed by atoms with E-state index in [4.69, 9.17) is 22.9 Å². The predicted octanol–water partition coefficient (Wildman–Crippen LogP) is 0.430. The third-order valence-electron chi connectivity index (χ3n) is 3.76. The number of nitrogens with two attached hydrogens (primary N) is 4. The van der Waals surface area contributed by atoms with Gasteiger partial charge < -0.3 is 22.9 Å². The first-order valence-corrected chi connectivity index (χ1v) is 6.65. The Labute approximate surface area is 99.1 Å². The minimum Gasteiger partial charge on any atom is -0.326 e. The van der Waals surface area contributed by atoms with E-state index in [1.807, 2.05) is 0 Å². The van der Waals surface area contributed by atoms with Gasteiger partial charge in [0, 0.05) is 24.2 Å². The van der Waals surface area contributed by atoms with Crippen LogP contribution in [0.15, 0.2) is 0 Å². The molecule has 0 amide bonds. The summed E-state index contributed by atoms with van der Waals surface area (Å²) in [5.74, 6) is 0. The van der Waals surface area contributed by atoms with Gasteiger partial charge in [0.25, 0.3) is 0 Å². The molecule has 4 heteroatoms. The van der Waals surface area contributed by atoms with E-state index in [9.17, 15) is 0 Å². The topological polar surface area (TPSA) is 104 Å². The Balaban J connectivity index is 2.49. The third kappa shape index (κ3) is 4.37. The van der Waals surface area contributed by atoms with Crippen LogP contribution in [0.5, 0.6) is 0 Å². The normalized spacial score (nSPS) is 39.8. The minimum absolute atomic E-state index is 0.000441. The molecular formula is C12H28N4. The lowest BCUT2D eigenvalue weighted by Gasteiger charge is -2.30. The lowest BCUT2D eigenvalue weighted by molar-refractivity contribution is 0.349. The molecule has 0 heterocycles. The number of hydrogen-bond donors (Lipinski definition) is 4. The van der Waals surface area contributed by atoms with Gasteiger partial charge in [0.1, 0.15) is 0 Å². The monoisotopic (exact) mass is 228 g/mol. The summed E-state index contributed by atoms with van der Waals surface area (Å²) in [6.45, 7) is 0. The molecule has 4 unspecified atom stereocenters. The van der Waals surface area contributed by atoms with E-state index in [0.717, 1.165) is 25.7 Å². The van der Waals surface area contributed by atoms with E-state index < -0.39 is 0 Å². The average Bonchev–Trinajstić information content (AvgIpc) is 2.28. The Hall–Kier alpha value is -0.160. The SMILES string of the molecule is NC1CCCCCCCCC(N)C(N)C1N. The average molecular weight is 228 g/mol. The summed E-state index contributed by atoms with van der Waals surface area (Å²) in [7, 11) is 0. The van der Waals surface area contributed by atoms with E-state index in [-0.39, 0.29) is 24.2 Å². The highest BCUT2D eigenvalue weighted by Gasteiger charge is 2.25. The maximum Gasteiger partial charge on any atom is 0.0361 e. The van der Waals surface area contributed by atoms with Crippen LogP contribution in [0, 0.1) is 0 Å². The second kappa shape index (κ2) is 7.22. The van der Waals surface area contributed by atoms with E-state index in [1.165, 1.54) is 25.7 Å². The zero-order valence-electron chi connectivity index (χ0n) is 10.3. The molecule has 8 N–H and O–H groups in total. The molecule has 0 bridgehead atoms. The summed E-state index contributed by atoms with van der Waals surface area (Å²) in [5.41, 5.74) is 24.2. The number of hydrogen-bond acceptors (Lipinski definition) is 4. The lowest BCUT2D eigenvalue weighted by atomic mass is 9.89. The quantitative estimate of drug-likeness (QED) is 0.482. The number of rotatable bonds is 0. The lowest BCUT2D eigenvalue weighted by Crippen LogP contribution is -2.59. The summed E-state index contributed by atoms with van der Waals surface area (Å²) in [6.07, 6.45) is 9.42. The maximum atomic E-state index is 6.06. The smallest absolute Gasteiger partial charge is 0.0361 e. The van der Waals surface area contributed by atoms with Gasteiger partial charge in [-0.25, -0.2) is 0 Å². The van der Waals surface area contributed by atoms with Gasteiger partial charge in [-0.05, 0) is 12.8 Å². The third-order valence-corrected chi connectivity index (χ3v) is 3.76. The molecule has 1 fully saturated rings. The Morgan fingerprint density at radius 1 is 0.500 bits per heavy atom. The molecule has 16 heavy (non-hydrogen) atoms. The van der Waals surface area contributed by atoms with Crippen molar-refractivity contribution >= 4 is 0 Å². The van der Waals surface area contributed by atoms with Crippen molar-refractivity contribution in [3.05, 3.63) is 0 Å². The first-order valence-electron chi connectivity index (χ1n) is 6.65. The van der Waals surface area contributed by atoms with Crippen LogP contribution >= 0.6 is 0 Å². The van der Waals surface area contributed by atoms with Gasteiger partial charge in [-0.3, -0.25) is 0 Å². The molecule has 0 aromatic rings. The molecule has 4 nitrogen and oxygen atoms in total. The molecule has 0 aromatic heterocycles. The molecule has 0 spiro atoms. The summed E-state index contributed by atoms with van der Waals surface area (Å²) >= 11 is 0. The zero-order valence-corrected chi connectivity index (χ0v) is 10.3. The van der Waals surface area contributed by atoms with Crippen LogP contribution in [0.4, 0.5) is 0 Å². The Kier molecular flexibility index (Phi) is 6.28. The molecule has 0 radical (unpaired) electrons. The molecule has 0 saturated heterocycles. The summed E-state index contributed by atoms with van der Waals surface area (Å²) in [4.78, 5) is 0. The van der Waals surface area contributed by atoms with E-state index in [1.54, 1.807) is 0 Å². The second-order valence-electron chi connectivity index (χ2n) is 5.18. The Bertz CT molecular complexity index is 166. The van der Waals surface area contributed by atoms with Gasteiger partial charge in [0.2, 0.25) is 0 Å². The van der Waals surface area contributed by atoms with Crippen molar-refractivity contribution < 1.29 is 0 Å². The first kappa shape index (κ1) is 13.9. The van der Waals surface area contributed by atoms with Crippen LogP contribution in [0.1, 0.15) is 51.4 Å². The highest BCUT2D eigenvalue weighted by molar-refractivity contribution is 4.91. The van der Waals surface area contributed by atoms with Crippen molar-refractivity contribution in [2.75, 3.05) is 0 Å². The molecule has 0 aliphatic heterocycles. The van der Waals surface area contributed by atoms with Crippen molar-refractivity contribution in [3.8, 4) is 0 Å². The van der Waals surface area contributed by atoms with Crippen LogP contribution in [0.3, 0.4) is 0 Å². The van der Waals surface area contributed by atoms with E-state index in [2.05, 4.69) is 0 Å². The molecule has 1 aliphatic rings. The maximum absolute atomic E-state index is 6.06. The van der Waals surface area contributed by atoms with Crippen LogP contribution in [0.2, 0.25) is 0 Å². The second-order valence-corrected chi connectivity index (χ2v) is 5.18. The molecule has 4 atom stereocenters. The van der Waals surface area contributed by atoms with Crippen molar-refractivity contribution in [3.63, 3.8) is 0 Å². The van der Waals surface area contributed by atoms with Crippen LogP contribution in [-0.2, 0) is 0 Å². The van der Waals surface area contributed by atoms with Crippen LogP contribution in [0.25, 0.3) is 0 Å². The Morgan fingerprint density at radius 3 is 1.19 bits per heavy atom. The first-order chi connectivity index (χ1) is 7.63. The summed E-state index contributed by atoms with van der Waals surface area (Å²) < 4.78 is 0. The van der Waals surface area contributed by atoms with Gasteiger partial charge in [0.15, 0.2) is 0 Å².